The fourth-order valence-corrected chi connectivity index (χ4v) is 5.17. The lowest BCUT2D eigenvalue weighted by Crippen LogP contribution is -2.54. The van der Waals surface area contributed by atoms with E-state index in [0.717, 1.165) is 32.1 Å². The van der Waals surface area contributed by atoms with Gasteiger partial charge in [-0.1, -0.05) is 0 Å². The molecular weight excluding hydrogens is 284 g/mol. The van der Waals surface area contributed by atoms with Gasteiger partial charge in [-0.25, -0.2) is 8.42 Å². The fraction of sp³-hybridized carbons (Fsp3) is 0.917. The second-order valence-electron chi connectivity index (χ2n) is 5.73. The Morgan fingerprint density at radius 1 is 1.42 bits per heavy atom. The SMILES string of the molecule is CS(=O)(=O)CCSC1CCC(NC2CC2)(C(N)=O)C1. The van der Waals surface area contributed by atoms with Crippen molar-refractivity contribution in [2.45, 2.75) is 48.9 Å². The van der Waals surface area contributed by atoms with Gasteiger partial charge in [0.1, 0.15) is 9.84 Å². The van der Waals surface area contributed by atoms with Gasteiger partial charge in [-0.3, -0.25) is 4.79 Å². The molecule has 2 aliphatic carbocycles. The molecule has 0 aromatic heterocycles. The van der Waals surface area contributed by atoms with Crippen molar-refractivity contribution in [3.05, 3.63) is 0 Å². The highest BCUT2D eigenvalue weighted by atomic mass is 32.2. The molecule has 110 valence electrons. The van der Waals surface area contributed by atoms with Crippen LogP contribution in [-0.4, -0.2) is 48.9 Å². The normalized spacial score (nSPS) is 31.5. The summed E-state index contributed by atoms with van der Waals surface area (Å²) in [5, 5.41) is 3.73. The summed E-state index contributed by atoms with van der Waals surface area (Å²) in [6, 6.07) is 0.451. The lowest BCUT2D eigenvalue weighted by Gasteiger charge is -2.27. The second kappa shape index (κ2) is 5.61. The van der Waals surface area contributed by atoms with Gasteiger partial charge >= 0.3 is 0 Å². The van der Waals surface area contributed by atoms with Crippen LogP contribution in [0.5, 0.6) is 0 Å². The minimum atomic E-state index is -2.90. The molecule has 2 fully saturated rings. The van der Waals surface area contributed by atoms with Crippen molar-refractivity contribution >= 4 is 27.5 Å². The van der Waals surface area contributed by atoms with Gasteiger partial charge in [-0.05, 0) is 32.1 Å². The Bertz CT molecular complexity index is 448. The molecule has 2 unspecified atom stereocenters. The highest BCUT2D eigenvalue weighted by Crippen LogP contribution is 2.39. The quantitative estimate of drug-likeness (QED) is 0.706. The van der Waals surface area contributed by atoms with Crippen molar-refractivity contribution in [2.75, 3.05) is 17.8 Å². The maximum Gasteiger partial charge on any atom is 0.237 e. The molecule has 0 radical (unpaired) electrons. The van der Waals surface area contributed by atoms with Crippen LogP contribution in [0, 0.1) is 0 Å². The van der Waals surface area contributed by atoms with Crippen LogP contribution in [0.4, 0.5) is 0 Å². The third kappa shape index (κ3) is 4.36. The predicted molar refractivity (Wildman–Crippen MR) is 77.9 cm³/mol. The molecule has 1 amide bonds. The highest BCUT2D eigenvalue weighted by molar-refractivity contribution is 8.01. The zero-order valence-electron chi connectivity index (χ0n) is 11.2. The number of hydrogen-bond donors (Lipinski definition) is 2. The Morgan fingerprint density at radius 3 is 2.63 bits per heavy atom. The van der Waals surface area contributed by atoms with Crippen molar-refractivity contribution in [3.63, 3.8) is 0 Å². The Morgan fingerprint density at radius 2 is 2.11 bits per heavy atom. The van der Waals surface area contributed by atoms with Gasteiger partial charge in [-0.2, -0.15) is 11.8 Å². The standard InChI is InChI=1S/C12H22N2O3S2/c1-19(16,17)7-6-18-10-4-5-12(8-10,11(13)15)14-9-2-3-9/h9-10,14H,2-8H2,1H3,(H2,13,15). The van der Waals surface area contributed by atoms with Crippen molar-refractivity contribution in [3.8, 4) is 0 Å². The molecule has 0 saturated heterocycles. The molecule has 0 spiro atoms. The molecule has 7 heteroatoms. The second-order valence-corrected chi connectivity index (χ2v) is 9.40. The van der Waals surface area contributed by atoms with Crippen LogP contribution in [0.3, 0.4) is 0 Å². The maximum absolute atomic E-state index is 11.7. The first-order valence-corrected chi connectivity index (χ1v) is 9.79. The van der Waals surface area contributed by atoms with Crippen LogP contribution in [0.2, 0.25) is 0 Å². The smallest absolute Gasteiger partial charge is 0.237 e. The summed E-state index contributed by atoms with van der Waals surface area (Å²) in [6.45, 7) is 0. The number of hydrogen-bond acceptors (Lipinski definition) is 5. The summed E-state index contributed by atoms with van der Waals surface area (Å²) >= 11 is 1.65. The van der Waals surface area contributed by atoms with E-state index in [1.807, 2.05) is 0 Å². The molecule has 2 saturated carbocycles. The molecular formula is C12H22N2O3S2. The monoisotopic (exact) mass is 306 g/mol. The fourth-order valence-electron chi connectivity index (χ4n) is 2.55. The number of rotatable bonds is 7. The predicted octanol–water partition coefficient (Wildman–Crippen LogP) is 0.293. The Balaban J connectivity index is 1.84. The number of primary amides is 1. The highest BCUT2D eigenvalue weighted by Gasteiger charge is 2.46. The summed E-state index contributed by atoms with van der Waals surface area (Å²) in [6.07, 6.45) is 5.94. The number of nitrogens with two attached hydrogens (primary N) is 1. The van der Waals surface area contributed by atoms with Crippen molar-refractivity contribution < 1.29 is 13.2 Å². The number of sulfone groups is 1. The van der Waals surface area contributed by atoms with E-state index < -0.39 is 15.4 Å². The number of carbonyl (C=O) groups is 1. The van der Waals surface area contributed by atoms with Gasteiger partial charge in [0, 0.05) is 23.3 Å². The molecule has 0 aliphatic heterocycles. The van der Waals surface area contributed by atoms with E-state index in [2.05, 4.69) is 5.32 Å². The van der Waals surface area contributed by atoms with Gasteiger partial charge in [0.15, 0.2) is 0 Å². The third-order valence-electron chi connectivity index (χ3n) is 3.81. The van der Waals surface area contributed by atoms with Crippen LogP contribution < -0.4 is 11.1 Å². The molecule has 0 bridgehead atoms. The average molecular weight is 306 g/mol. The number of nitrogens with one attached hydrogen (secondary N) is 1. The Hall–Kier alpha value is -0.270. The van der Waals surface area contributed by atoms with E-state index >= 15 is 0 Å². The maximum atomic E-state index is 11.7. The summed E-state index contributed by atoms with van der Waals surface area (Å²) in [5.41, 5.74) is 5.01. The number of amides is 1. The minimum Gasteiger partial charge on any atom is -0.368 e. The average Bonchev–Trinajstić information content (AvgIpc) is 2.97. The summed E-state index contributed by atoms with van der Waals surface area (Å²) in [5.74, 6) is 0.542. The number of carbonyl (C=O) groups excluding carboxylic acids is 1. The molecule has 0 heterocycles. The Kier molecular flexibility index (Phi) is 4.47. The van der Waals surface area contributed by atoms with Crippen LogP contribution in [-0.2, 0) is 14.6 Å². The lowest BCUT2D eigenvalue weighted by molar-refractivity contribution is -0.124. The van der Waals surface area contributed by atoms with Crippen LogP contribution in [0.15, 0.2) is 0 Å². The molecule has 0 aromatic rings. The Labute approximate surface area is 119 Å². The summed E-state index contributed by atoms with van der Waals surface area (Å²) in [4.78, 5) is 11.7. The van der Waals surface area contributed by atoms with Crippen LogP contribution in [0.1, 0.15) is 32.1 Å². The zero-order chi connectivity index (χ0) is 14.1. The first-order chi connectivity index (χ1) is 8.81. The van der Waals surface area contributed by atoms with Crippen molar-refractivity contribution in [2.24, 2.45) is 5.73 Å². The van der Waals surface area contributed by atoms with Gasteiger partial charge in [-0.15, -0.1) is 0 Å². The molecule has 3 N–H and O–H groups in total. The van der Waals surface area contributed by atoms with E-state index in [0.29, 0.717) is 17.0 Å². The third-order valence-corrected chi connectivity index (χ3v) is 6.32. The van der Waals surface area contributed by atoms with Gasteiger partial charge in [0.25, 0.3) is 0 Å². The minimum absolute atomic E-state index is 0.202. The molecule has 5 nitrogen and oxygen atoms in total. The number of thioether (sulfide) groups is 1. The molecule has 2 rings (SSSR count). The molecule has 2 atom stereocenters. The largest absolute Gasteiger partial charge is 0.368 e. The van der Waals surface area contributed by atoms with E-state index in [9.17, 15) is 13.2 Å². The van der Waals surface area contributed by atoms with Gasteiger partial charge in [0.05, 0.1) is 11.3 Å². The van der Waals surface area contributed by atoms with Crippen molar-refractivity contribution in [1.82, 2.24) is 5.32 Å². The van der Waals surface area contributed by atoms with E-state index in [1.54, 1.807) is 11.8 Å². The van der Waals surface area contributed by atoms with Crippen LogP contribution in [0.25, 0.3) is 0 Å². The first-order valence-electron chi connectivity index (χ1n) is 6.68. The lowest BCUT2D eigenvalue weighted by atomic mass is 9.96. The summed E-state index contributed by atoms with van der Waals surface area (Å²) in [7, 11) is -2.90. The first kappa shape index (κ1) is 15.1. The molecule has 2 aliphatic rings. The molecule has 19 heavy (non-hydrogen) atoms. The van der Waals surface area contributed by atoms with E-state index in [1.165, 1.54) is 6.26 Å². The van der Waals surface area contributed by atoms with Crippen LogP contribution >= 0.6 is 11.8 Å². The van der Waals surface area contributed by atoms with Crippen molar-refractivity contribution in [1.29, 1.82) is 0 Å². The van der Waals surface area contributed by atoms with E-state index in [-0.39, 0.29) is 11.7 Å². The summed E-state index contributed by atoms with van der Waals surface area (Å²) < 4.78 is 22.2. The van der Waals surface area contributed by atoms with E-state index in [4.69, 9.17) is 5.73 Å². The topological polar surface area (TPSA) is 89.3 Å². The van der Waals surface area contributed by atoms with Gasteiger partial charge < -0.3 is 11.1 Å². The molecule has 0 aromatic carbocycles. The zero-order valence-corrected chi connectivity index (χ0v) is 12.9. The van der Waals surface area contributed by atoms with Gasteiger partial charge in [0.2, 0.25) is 5.91 Å².